The van der Waals surface area contributed by atoms with Crippen LogP contribution in [0.25, 0.3) is 0 Å². The lowest BCUT2D eigenvalue weighted by molar-refractivity contribution is 0.351. The van der Waals surface area contributed by atoms with Gasteiger partial charge in [-0.25, -0.2) is 0 Å². The highest BCUT2D eigenvalue weighted by Gasteiger charge is 2.16. The molecule has 0 amide bonds. The van der Waals surface area contributed by atoms with Gasteiger partial charge in [0.25, 0.3) is 0 Å². The molecule has 1 aromatic carbocycles. The molecule has 2 rings (SSSR count). The van der Waals surface area contributed by atoms with Crippen LogP contribution in [0, 0.1) is 5.92 Å². The summed E-state index contributed by atoms with van der Waals surface area (Å²) >= 11 is 3.36. The van der Waals surface area contributed by atoms with Crippen LogP contribution in [0.3, 0.4) is 0 Å². The zero-order valence-corrected chi connectivity index (χ0v) is 10.5. The van der Waals surface area contributed by atoms with Crippen molar-refractivity contribution in [1.29, 1.82) is 0 Å². The number of halogens is 1. The van der Waals surface area contributed by atoms with E-state index >= 15 is 0 Å². The third kappa shape index (κ3) is 2.75. The summed E-state index contributed by atoms with van der Waals surface area (Å²) in [5.41, 5.74) is 1.09. The maximum absolute atomic E-state index is 9.88. The van der Waals surface area contributed by atoms with E-state index in [1.54, 1.807) is 0 Å². The maximum atomic E-state index is 9.88. The Kier molecular flexibility index (Phi) is 3.68. The van der Waals surface area contributed by atoms with Crippen LogP contribution >= 0.6 is 15.9 Å². The third-order valence-electron chi connectivity index (χ3n) is 3.30. The highest BCUT2D eigenvalue weighted by molar-refractivity contribution is 9.10. The summed E-state index contributed by atoms with van der Waals surface area (Å²) in [4.78, 5) is 0. The summed E-state index contributed by atoms with van der Waals surface area (Å²) in [6, 6.07) is 5.93. The summed E-state index contributed by atoms with van der Waals surface area (Å²) in [6.07, 6.45) is 7.79. The minimum Gasteiger partial charge on any atom is -0.506 e. The van der Waals surface area contributed by atoms with Crippen LogP contribution in [-0.2, 0) is 6.42 Å². The molecule has 0 aliphatic heterocycles. The van der Waals surface area contributed by atoms with Crippen molar-refractivity contribution in [3.05, 3.63) is 28.2 Å². The van der Waals surface area contributed by atoms with Crippen LogP contribution in [0.1, 0.15) is 37.7 Å². The molecular weight excluding hydrogens is 252 g/mol. The first-order valence-corrected chi connectivity index (χ1v) is 6.53. The first-order chi connectivity index (χ1) is 7.27. The Morgan fingerprint density at radius 1 is 1.20 bits per heavy atom. The Labute approximate surface area is 99.6 Å². The molecule has 0 unspecified atom stereocenters. The smallest absolute Gasteiger partial charge is 0.132 e. The van der Waals surface area contributed by atoms with Crippen LogP contribution in [-0.4, -0.2) is 5.11 Å². The second-order valence-corrected chi connectivity index (χ2v) is 5.31. The molecule has 0 saturated heterocycles. The van der Waals surface area contributed by atoms with Gasteiger partial charge in [0.05, 0.1) is 4.47 Å². The molecule has 0 heterocycles. The van der Waals surface area contributed by atoms with Crippen LogP contribution in [0.15, 0.2) is 22.7 Å². The standard InChI is InChI=1S/C13H17BrO/c14-12-8-4-7-11(13(12)15)9-10-5-2-1-3-6-10/h4,7-8,10,15H,1-3,5-6,9H2. The van der Waals surface area contributed by atoms with E-state index < -0.39 is 0 Å². The molecule has 1 saturated carbocycles. The molecule has 1 aliphatic rings. The number of benzene rings is 1. The van der Waals surface area contributed by atoms with Crippen molar-refractivity contribution in [3.8, 4) is 5.75 Å². The molecule has 0 bridgehead atoms. The van der Waals surface area contributed by atoms with Crippen molar-refractivity contribution in [2.45, 2.75) is 38.5 Å². The van der Waals surface area contributed by atoms with Crippen molar-refractivity contribution < 1.29 is 5.11 Å². The molecule has 0 spiro atoms. The second kappa shape index (κ2) is 5.02. The number of phenols is 1. The minimum absolute atomic E-state index is 0.433. The molecule has 1 aliphatic carbocycles. The molecule has 15 heavy (non-hydrogen) atoms. The normalized spacial score (nSPS) is 17.9. The predicted octanol–water partition coefficient (Wildman–Crippen LogP) is 4.28. The molecule has 2 heteroatoms. The summed E-state index contributed by atoms with van der Waals surface area (Å²) in [5, 5.41) is 9.88. The summed E-state index contributed by atoms with van der Waals surface area (Å²) in [6.45, 7) is 0. The van der Waals surface area contributed by atoms with Gasteiger partial charge in [-0.2, -0.15) is 0 Å². The summed E-state index contributed by atoms with van der Waals surface area (Å²) in [7, 11) is 0. The van der Waals surface area contributed by atoms with Crippen molar-refractivity contribution in [3.63, 3.8) is 0 Å². The molecular formula is C13H17BrO. The quantitative estimate of drug-likeness (QED) is 0.849. The van der Waals surface area contributed by atoms with E-state index in [1.165, 1.54) is 32.1 Å². The van der Waals surface area contributed by atoms with E-state index in [0.29, 0.717) is 5.75 Å². The molecule has 0 atom stereocenters. The van der Waals surface area contributed by atoms with Crippen LogP contribution in [0.4, 0.5) is 0 Å². The van der Waals surface area contributed by atoms with Crippen molar-refractivity contribution >= 4 is 15.9 Å². The lowest BCUT2D eigenvalue weighted by Crippen LogP contribution is -2.09. The predicted molar refractivity (Wildman–Crippen MR) is 66.1 cm³/mol. The van der Waals surface area contributed by atoms with Gasteiger partial charge in [0, 0.05) is 0 Å². The Morgan fingerprint density at radius 3 is 2.67 bits per heavy atom. The summed E-state index contributed by atoms with van der Waals surface area (Å²) in [5.74, 6) is 1.21. The molecule has 0 aromatic heterocycles. The fourth-order valence-corrected chi connectivity index (χ4v) is 2.83. The Morgan fingerprint density at radius 2 is 1.93 bits per heavy atom. The van der Waals surface area contributed by atoms with Crippen molar-refractivity contribution in [2.24, 2.45) is 5.92 Å². The van der Waals surface area contributed by atoms with Gasteiger partial charge in [0.2, 0.25) is 0 Å². The number of phenolic OH excluding ortho intramolecular Hbond substituents is 1. The zero-order chi connectivity index (χ0) is 10.7. The molecule has 0 radical (unpaired) electrons. The minimum atomic E-state index is 0.433. The number of rotatable bonds is 2. The maximum Gasteiger partial charge on any atom is 0.132 e. The number of hydrogen-bond donors (Lipinski definition) is 1. The lowest BCUT2D eigenvalue weighted by atomic mass is 9.85. The SMILES string of the molecule is Oc1c(Br)cccc1CC1CCCCC1. The van der Waals surface area contributed by atoms with Gasteiger partial charge in [-0.3, -0.25) is 0 Å². The average molecular weight is 269 g/mol. The molecule has 1 fully saturated rings. The molecule has 1 N–H and O–H groups in total. The van der Waals surface area contributed by atoms with Crippen molar-refractivity contribution in [1.82, 2.24) is 0 Å². The largest absolute Gasteiger partial charge is 0.506 e. The molecule has 1 aromatic rings. The summed E-state index contributed by atoms with van der Waals surface area (Å²) < 4.78 is 0.816. The second-order valence-electron chi connectivity index (χ2n) is 4.46. The van der Waals surface area contributed by atoms with E-state index in [0.717, 1.165) is 22.4 Å². The first-order valence-electron chi connectivity index (χ1n) is 5.73. The van der Waals surface area contributed by atoms with Crippen LogP contribution in [0.5, 0.6) is 5.75 Å². The van der Waals surface area contributed by atoms with Gasteiger partial charge in [0.1, 0.15) is 5.75 Å². The van der Waals surface area contributed by atoms with Crippen LogP contribution in [0.2, 0.25) is 0 Å². The monoisotopic (exact) mass is 268 g/mol. The van der Waals surface area contributed by atoms with Crippen LogP contribution < -0.4 is 0 Å². The first kappa shape index (κ1) is 11.0. The number of aromatic hydroxyl groups is 1. The van der Waals surface area contributed by atoms with E-state index in [9.17, 15) is 5.11 Å². The lowest BCUT2D eigenvalue weighted by Gasteiger charge is -2.21. The van der Waals surface area contributed by atoms with Gasteiger partial charge in [-0.1, -0.05) is 44.2 Å². The fourth-order valence-electron chi connectivity index (χ4n) is 2.43. The highest BCUT2D eigenvalue weighted by atomic mass is 79.9. The van der Waals surface area contributed by atoms with Gasteiger partial charge < -0.3 is 5.11 Å². The Hall–Kier alpha value is -0.500. The van der Waals surface area contributed by atoms with Gasteiger partial charge in [-0.15, -0.1) is 0 Å². The highest BCUT2D eigenvalue weighted by Crippen LogP contribution is 2.33. The van der Waals surface area contributed by atoms with E-state index in [4.69, 9.17) is 0 Å². The fraction of sp³-hybridized carbons (Fsp3) is 0.538. The zero-order valence-electron chi connectivity index (χ0n) is 8.88. The van der Waals surface area contributed by atoms with Gasteiger partial charge in [0.15, 0.2) is 0 Å². The van der Waals surface area contributed by atoms with Gasteiger partial charge in [-0.05, 0) is 39.9 Å². The average Bonchev–Trinajstić information content (AvgIpc) is 2.26. The topological polar surface area (TPSA) is 20.2 Å². The third-order valence-corrected chi connectivity index (χ3v) is 3.94. The van der Waals surface area contributed by atoms with Crippen molar-refractivity contribution in [2.75, 3.05) is 0 Å². The van der Waals surface area contributed by atoms with Gasteiger partial charge >= 0.3 is 0 Å². The Bertz CT molecular complexity index is 329. The number of hydrogen-bond acceptors (Lipinski definition) is 1. The molecule has 1 nitrogen and oxygen atoms in total. The van der Waals surface area contributed by atoms with E-state index in [-0.39, 0.29) is 0 Å². The Balaban J connectivity index is 2.06. The van der Waals surface area contributed by atoms with E-state index in [2.05, 4.69) is 15.9 Å². The van der Waals surface area contributed by atoms with E-state index in [1.807, 2.05) is 18.2 Å². The number of para-hydroxylation sites is 1. The molecule has 82 valence electrons.